The number of hydrogen-bond donors (Lipinski definition) is 2. The molecule has 0 amide bonds. The molecule has 0 atom stereocenters. The van der Waals surface area contributed by atoms with Crippen LogP contribution in [0.25, 0.3) is 11.4 Å². The number of hydrogen-bond acceptors (Lipinski definition) is 6. The number of aromatic amines is 1. The van der Waals surface area contributed by atoms with Crippen LogP contribution in [0.1, 0.15) is 26.0 Å². The second-order valence-electron chi connectivity index (χ2n) is 5.88. The summed E-state index contributed by atoms with van der Waals surface area (Å²) >= 11 is 0. The molecule has 7 nitrogen and oxygen atoms in total. The van der Waals surface area contributed by atoms with Crippen molar-refractivity contribution in [2.45, 2.75) is 32.5 Å². The normalized spacial score (nSPS) is 16.2. The van der Waals surface area contributed by atoms with Crippen LogP contribution in [0.3, 0.4) is 0 Å². The molecule has 0 aliphatic carbocycles. The van der Waals surface area contributed by atoms with Gasteiger partial charge in [0.25, 0.3) is 5.56 Å². The van der Waals surface area contributed by atoms with Crippen molar-refractivity contribution in [1.29, 1.82) is 0 Å². The molecule has 3 rings (SSSR count). The van der Waals surface area contributed by atoms with Crippen molar-refractivity contribution in [2.75, 3.05) is 25.1 Å². The zero-order chi connectivity index (χ0) is 17.0. The average Bonchev–Trinajstić information content (AvgIpc) is 3.01. The first kappa shape index (κ1) is 16.6. The first-order chi connectivity index (χ1) is 11.6. The van der Waals surface area contributed by atoms with Gasteiger partial charge in [0.2, 0.25) is 0 Å². The maximum Gasteiger partial charge on any atom is 0.251 e. The number of nitrogens with zero attached hydrogens (tertiary/aromatic N) is 2. The summed E-state index contributed by atoms with van der Waals surface area (Å²) in [5.74, 6) is 0.796. The van der Waals surface area contributed by atoms with Gasteiger partial charge in [-0.05, 0) is 25.5 Å². The molecule has 2 N–H and O–H groups in total. The number of pyridine rings is 1. The summed E-state index contributed by atoms with van der Waals surface area (Å²) in [6.07, 6.45) is 3.15. The van der Waals surface area contributed by atoms with Crippen LogP contribution in [0.2, 0.25) is 0 Å². The highest BCUT2D eigenvalue weighted by Gasteiger charge is 2.30. The lowest BCUT2D eigenvalue weighted by atomic mass is 10.2. The van der Waals surface area contributed by atoms with Crippen LogP contribution in [0, 0.1) is 0 Å². The molecule has 3 heterocycles. The van der Waals surface area contributed by atoms with E-state index in [9.17, 15) is 4.79 Å². The summed E-state index contributed by atoms with van der Waals surface area (Å²) in [6, 6.07) is 5.27. The largest absolute Gasteiger partial charge is 0.370 e. The molecule has 128 valence electrons. The number of anilines is 1. The third-order valence-electron chi connectivity index (χ3n) is 3.98. The first-order valence-electron chi connectivity index (χ1n) is 8.16. The van der Waals surface area contributed by atoms with Crippen molar-refractivity contribution in [2.24, 2.45) is 0 Å². The van der Waals surface area contributed by atoms with Crippen LogP contribution >= 0.6 is 0 Å². The standard InChI is InChI=1S/C17H22N4O3/c1-3-13-10-15(22)21-16(20-13)12-4-5-14(19-11-12)18-7-6-17(2)23-8-9-24-17/h4-5,10-11H,3,6-9H2,1-2H3,(H,18,19)(H,20,21,22). The summed E-state index contributed by atoms with van der Waals surface area (Å²) in [5, 5.41) is 3.25. The van der Waals surface area contributed by atoms with Crippen LogP contribution in [-0.2, 0) is 15.9 Å². The second-order valence-corrected chi connectivity index (χ2v) is 5.88. The molecular weight excluding hydrogens is 308 g/mol. The molecule has 7 heteroatoms. The third kappa shape index (κ3) is 3.98. The Morgan fingerprint density at radius 2 is 2.12 bits per heavy atom. The van der Waals surface area contributed by atoms with E-state index >= 15 is 0 Å². The van der Waals surface area contributed by atoms with Gasteiger partial charge in [-0.1, -0.05) is 6.92 Å². The van der Waals surface area contributed by atoms with Crippen molar-refractivity contribution in [3.8, 4) is 11.4 Å². The number of nitrogens with one attached hydrogen (secondary N) is 2. The Labute approximate surface area is 140 Å². The van der Waals surface area contributed by atoms with Gasteiger partial charge in [0.15, 0.2) is 5.79 Å². The Hall–Kier alpha value is -2.25. The Morgan fingerprint density at radius 3 is 2.79 bits per heavy atom. The monoisotopic (exact) mass is 330 g/mol. The van der Waals surface area contributed by atoms with Gasteiger partial charge in [-0.2, -0.15) is 0 Å². The second kappa shape index (κ2) is 7.11. The molecule has 2 aromatic heterocycles. The SMILES string of the molecule is CCc1cc(=O)[nH]c(-c2ccc(NCCC3(C)OCCO3)nc2)n1. The van der Waals surface area contributed by atoms with Gasteiger partial charge in [-0.25, -0.2) is 9.97 Å². The molecule has 0 spiro atoms. The van der Waals surface area contributed by atoms with Gasteiger partial charge in [0, 0.05) is 36.5 Å². The van der Waals surface area contributed by atoms with Crippen LogP contribution < -0.4 is 10.9 Å². The average molecular weight is 330 g/mol. The van der Waals surface area contributed by atoms with Crippen LogP contribution in [0.5, 0.6) is 0 Å². The molecule has 1 aliphatic heterocycles. The quantitative estimate of drug-likeness (QED) is 0.841. The minimum atomic E-state index is -0.503. The van der Waals surface area contributed by atoms with E-state index in [1.165, 1.54) is 6.07 Å². The number of H-pyrrole nitrogens is 1. The maximum absolute atomic E-state index is 11.7. The molecule has 1 aliphatic rings. The van der Waals surface area contributed by atoms with Crippen LogP contribution in [0.4, 0.5) is 5.82 Å². The van der Waals surface area contributed by atoms with Gasteiger partial charge in [-0.15, -0.1) is 0 Å². The molecule has 0 radical (unpaired) electrons. The molecule has 0 bridgehead atoms. The summed E-state index contributed by atoms with van der Waals surface area (Å²) < 4.78 is 11.1. The Kier molecular flexibility index (Phi) is 4.92. The summed E-state index contributed by atoms with van der Waals surface area (Å²) in [4.78, 5) is 23.2. The number of aromatic nitrogens is 3. The van der Waals surface area contributed by atoms with E-state index < -0.39 is 5.79 Å². The van der Waals surface area contributed by atoms with Gasteiger partial charge in [-0.3, -0.25) is 4.79 Å². The van der Waals surface area contributed by atoms with E-state index in [1.807, 2.05) is 26.0 Å². The highest BCUT2D eigenvalue weighted by Crippen LogP contribution is 2.22. The lowest BCUT2D eigenvalue weighted by Gasteiger charge is -2.22. The molecule has 2 aromatic rings. The summed E-state index contributed by atoms with van der Waals surface area (Å²) in [7, 11) is 0. The molecule has 1 saturated heterocycles. The fourth-order valence-corrected chi connectivity index (χ4v) is 2.58. The van der Waals surface area contributed by atoms with Gasteiger partial charge in [0.1, 0.15) is 11.6 Å². The number of ether oxygens (including phenoxy) is 2. The smallest absolute Gasteiger partial charge is 0.251 e. The molecule has 0 saturated carbocycles. The fourth-order valence-electron chi connectivity index (χ4n) is 2.58. The fraction of sp³-hybridized carbons (Fsp3) is 0.471. The van der Waals surface area contributed by atoms with Crippen molar-refractivity contribution < 1.29 is 9.47 Å². The molecule has 0 aromatic carbocycles. The van der Waals surface area contributed by atoms with Crippen LogP contribution in [0.15, 0.2) is 29.2 Å². The Bertz CT molecular complexity index is 736. The maximum atomic E-state index is 11.7. The molecule has 1 fully saturated rings. The number of rotatable bonds is 6. The van der Waals surface area contributed by atoms with E-state index in [4.69, 9.17) is 9.47 Å². The first-order valence-corrected chi connectivity index (χ1v) is 8.16. The zero-order valence-corrected chi connectivity index (χ0v) is 14.0. The lowest BCUT2D eigenvalue weighted by Crippen LogP contribution is -2.28. The molecule has 24 heavy (non-hydrogen) atoms. The van der Waals surface area contributed by atoms with E-state index in [1.54, 1.807) is 6.20 Å². The summed E-state index contributed by atoms with van der Waals surface area (Å²) in [5.41, 5.74) is 1.40. The number of aryl methyl sites for hydroxylation is 1. The Morgan fingerprint density at radius 1 is 1.33 bits per heavy atom. The van der Waals surface area contributed by atoms with Gasteiger partial charge < -0.3 is 19.8 Å². The summed E-state index contributed by atoms with van der Waals surface area (Å²) in [6.45, 7) is 5.90. The predicted molar refractivity (Wildman–Crippen MR) is 90.9 cm³/mol. The minimum absolute atomic E-state index is 0.149. The zero-order valence-electron chi connectivity index (χ0n) is 14.0. The topological polar surface area (TPSA) is 89.1 Å². The van der Waals surface area contributed by atoms with Gasteiger partial charge >= 0.3 is 0 Å². The van der Waals surface area contributed by atoms with Crippen LogP contribution in [-0.4, -0.2) is 40.5 Å². The van der Waals surface area contributed by atoms with E-state index in [-0.39, 0.29) is 5.56 Å². The molecular formula is C17H22N4O3. The Balaban J connectivity index is 1.63. The molecule has 0 unspecified atom stereocenters. The minimum Gasteiger partial charge on any atom is -0.370 e. The van der Waals surface area contributed by atoms with Gasteiger partial charge in [0.05, 0.1) is 13.2 Å². The van der Waals surface area contributed by atoms with Crippen molar-refractivity contribution in [3.63, 3.8) is 0 Å². The van der Waals surface area contributed by atoms with E-state index in [0.717, 1.165) is 23.5 Å². The van der Waals surface area contributed by atoms with E-state index in [2.05, 4.69) is 20.3 Å². The van der Waals surface area contributed by atoms with E-state index in [0.29, 0.717) is 32.0 Å². The highest BCUT2D eigenvalue weighted by atomic mass is 16.7. The third-order valence-corrected chi connectivity index (χ3v) is 3.98. The van der Waals surface area contributed by atoms with Crippen molar-refractivity contribution in [3.05, 3.63) is 40.4 Å². The van der Waals surface area contributed by atoms with Crippen molar-refractivity contribution >= 4 is 5.82 Å². The lowest BCUT2D eigenvalue weighted by molar-refractivity contribution is -0.144. The predicted octanol–water partition coefficient (Wildman–Crippen LogP) is 1.96. The van der Waals surface area contributed by atoms with Crippen molar-refractivity contribution in [1.82, 2.24) is 15.0 Å². The highest BCUT2D eigenvalue weighted by molar-refractivity contribution is 5.55.